The first-order valence-electron chi connectivity index (χ1n) is 3.73. The van der Waals surface area contributed by atoms with E-state index in [9.17, 15) is 13.2 Å². The number of hydrogen-bond acceptors (Lipinski definition) is 2. The Morgan fingerprint density at radius 2 is 2.23 bits per heavy atom. The molecule has 1 aliphatic rings. The third kappa shape index (κ3) is 2.78. The number of ether oxygens (including phenoxy) is 1. The average Bonchev–Trinajstić information content (AvgIpc) is 2.47. The Morgan fingerprint density at radius 3 is 2.69 bits per heavy atom. The van der Waals surface area contributed by atoms with Crippen LogP contribution < -0.4 is 0 Å². The number of halogens is 3. The lowest BCUT2D eigenvalue weighted by atomic mass is 10.1. The van der Waals surface area contributed by atoms with Gasteiger partial charge >= 0.3 is 6.18 Å². The third-order valence-electron chi connectivity index (χ3n) is 1.89. The molecule has 1 fully saturated rings. The van der Waals surface area contributed by atoms with Crippen LogP contribution in [0.15, 0.2) is 5.11 Å². The van der Waals surface area contributed by atoms with E-state index >= 15 is 0 Å². The zero-order chi connectivity index (χ0) is 9.90. The molecule has 0 amide bonds. The molecule has 0 spiro atoms. The summed E-state index contributed by atoms with van der Waals surface area (Å²) in [5.41, 5.74) is 7.93. The van der Waals surface area contributed by atoms with E-state index in [0.29, 0.717) is 0 Å². The standard InChI is InChI=1S/C6H8F3N3O/c7-6(8,9)4-1-5(13-3-4)2-11-12-10/h4-5H,1-3H2/t4-,5+/m1/s1. The van der Waals surface area contributed by atoms with Gasteiger partial charge in [-0.05, 0) is 12.0 Å². The SMILES string of the molecule is [N-]=[N+]=NC[C@@H]1C[C@@H](C(F)(F)F)CO1. The summed E-state index contributed by atoms with van der Waals surface area (Å²) in [4.78, 5) is 2.45. The molecule has 0 aromatic rings. The van der Waals surface area contributed by atoms with Crippen LogP contribution in [0.1, 0.15) is 6.42 Å². The molecule has 1 aliphatic heterocycles. The van der Waals surface area contributed by atoms with Crippen LogP contribution in [0.5, 0.6) is 0 Å². The summed E-state index contributed by atoms with van der Waals surface area (Å²) in [5.74, 6) is -1.41. The first kappa shape index (κ1) is 10.1. The molecule has 13 heavy (non-hydrogen) atoms. The molecule has 1 saturated heterocycles. The molecule has 1 heterocycles. The maximum Gasteiger partial charge on any atom is 0.394 e. The van der Waals surface area contributed by atoms with E-state index in [1.807, 2.05) is 0 Å². The van der Waals surface area contributed by atoms with Crippen LogP contribution in [-0.4, -0.2) is 25.4 Å². The van der Waals surface area contributed by atoms with Crippen molar-refractivity contribution in [2.24, 2.45) is 11.0 Å². The molecule has 0 radical (unpaired) electrons. The van der Waals surface area contributed by atoms with E-state index in [-0.39, 0.29) is 19.6 Å². The second-order valence-electron chi connectivity index (χ2n) is 2.84. The van der Waals surface area contributed by atoms with Gasteiger partial charge in [0.2, 0.25) is 0 Å². The summed E-state index contributed by atoms with van der Waals surface area (Å²) in [6, 6.07) is 0. The third-order valence-corrected chi connectivity index (χ3v) is 1.89. The maximum absolute atomic E-state index is 12.1. The lowest BCUT2D eigenvalue weighted by Gasteiger charge is -2.11. The van der Waals surface area contributed by atoms with Gasteiger partial charge < -0.3 is 4.74 Å². The van der Waals surface area contributed by atoms with Gasteiger partial charge in [0.25, 0.3) is 0 Å². The number of rotatable bonds is 2. The van der Waals surface area contributed by atoms with Gasteiger partial charge in [-0.25, -0.2) is 0 Å². The topological polar surface area (TPSA) is 58.0 Å². The molecular formula is C6H8F3N3O. The van der Waals surface area contributed by atoms with Crippen molar-refractivity contribution in [2.45, 2.75) is 18.7 Å². The highest BCUT2D eigenvalue weighted by Crippen LogP contribution is 2.34. The fraction of sp³-hybridized carbons (Fsp3) is 1.00. The number of alkyl halides is 3. The highest BCUT2D eigenvalue weighted by molar-refractivity contribution is 4.79. The van der Waals surface area contributed by atoms with Crippen molar-refractivity contribution in [3.05, 3.63) is 10.4 Å². The van der Waals surface area contributed by atoms with Gasteiger partial charge in [0.15, 0.2) is 0 Å². The lowest BCUT2D eigenvalue weighted by molar-refractivity contribution is -0.173. The van der Waals surface area contributed by atoms with Crippen LogP contribution in [0.25, 0.3) is 10.4 Å². The molecule has 7 heteroatoms. The van der Waals surface area contributed by atoms with Crippen molar-refractivity contribution in [3.8, 4) is 0 Å². The first-order valence-corrected chi connectivity index (χ1v) is 3.73. The van der Waals surface area contributed by atoms with Crippen LogP contribution in [0, 0.1) is 5.92 Å². The van der Waals surface area contributed by atoms with Crippen molar-refractivity contribution in [3.63, 3.8) is 0 Å². The molecule has 0 saturated carbocycles. The molecule has 0 bridgehead atoms. The average molecular weight is 195 g/mol. The summed E-state index contributed by atoms with van der Waals surface area (Å²) in [7, 11) is 0. The van der Waals surface area contributed by atoms with Crippen molar-refractivity contribution in [1.29, 1.82) is 0 Å². The molecule has 0 N–H and O–H groups in total. The summed E-state index contributed by atoms with van der Waals surface area (Å²) in [6.45, 7) is -0.349. The van der Waals surface area contributed by atoms with Crippen molar-refractivity contribution in [1.82, 2.24) is 0 Å². The Hall–Kier alpha value is -0.940. The molecule has 0 unspecified atom stereocenters. The van der Waals surface area contributed by atoms with Crippen LogP contribution in [0.3, 0.4) is 0 Å². The van der Waals surface area contributed by atoms with Gasteiger partial charge in [0, 0.05) is 4.91 Å². The number of hydrogen-bond donors (Lipinski definition) is 0. The van der Waals surface area contributed by atoms with Crippen molar-refractivity contribution in [2.75, 3.05) is 13.2 Å². The molecular weight excluding hydrogens is 187 g/mol. The van der Waals surface area contributed by atoms with E-state index < -0.39 is 18.2 Å². The Morgan fingerprint density at radius 1 is 1.54 bits per heavy atom. The second-order valence-corrected chi connectivity index (χ2v) is 2.84. The summed E-state index contributed by atoms with van der Waals surface area (Å²) in [6.07, 6.45) is -4.89. The minimum atomic E-state index is -4.20. The minimum Gasteiger partial charge on any atom is -0.377 e. The zero-order valence-electron chi connectivity index (χ0n) is 6.66. The highest BCUT2D eigenvalue weighted by Gasteiger charge is 2.44. The molecule has 4 nitrogen and oxygen atoms in total. The van der Waals surface area contributed by atoms with Gasteiger partial charge in [-0.2, -0.15) is 13.2 Å². The van der Waals surface area contributed by atoms with Crippen LogP contribution in [0.2, 0.25) is 0 Å². The van der Waals surface area contributed by atoms with Crippen LogP contribution >= 0.6 is 0 Å². The van der Waals surface area contributed by atoms with Gasteiger partial charge in [-0.3, -0.25) is 0 Å². The minimum absolute atomic E-state index is 0.0247. The number of azide groups is 1. The molecule has 0 aromatic heterocycles. The lowest BCUT2D eigenvalue weighted by Crippen LogP contribution is -2.23. The fourth-order valence-corrected chi connectivity index (χ4v) is 1.19. The zero-order valence-corrected chi connectivity index (χ0v) is 6.66. The van der Waals surface area contributed by atoms with Gasteiger partial charge in [-0.1, -0.05) is 5.11 Å². The molecule has 74 valence electrons. The van der Waals surface area contributed by atoms with Crippen molar-refractivity contribution < 1.29 is 17.9 Å². The summed E-state index contributed by atoms with van der Waals surface area (Å²) >= 11 is 0. The quantitative estimate of drug-likeness (QED) is 0.378. The monoisotopic (exact) mass is 195 g/mol. The van der Waals surface area contributed by atoms with Gasteiger partial charge in [0.1, 0.15) is 0 Å². The highest BCUT2D eigenvalue weighted by atomic mass is 19.4. The smallest absolute Gasteiger partial charge is 0.377 e. The van der Waals surface area contributed by atoms with E-state index in [4.69, 9.17) is 10.3 Å². The Bertz CT molecular complexity index is 224. The summed E-state index contributed by atoms with van der Waals surface area (Å²) < 4.78 is 41.0. The van der Waals surface area contributed by atoms with Crippen LogP contribution in [-0.2, 0) is 4.74 Å². The number of nitrogens with zero attached hydrogens (tertiary/aromatic N) is 3. The normalized spacial score (nSPS) is 28.5. The second kappa shape index (κ2) is 3.85. The molecule has 0 aliphatic carbocycles. The largest absolute Gasteiger partial charge is 0.394 e. The Labute approximate surface area is 72.3 Å². The fourth-order valence-electron chi connectivity index (χ4n) is 1.19. The molecule has 1 rings (SSSR count). The molecule has 0 aromatic carbocycles. The Kier molecular flexibility index (Phi) is 3.00. The summed E-state index contributed by atoms with van der Waals surface area (Å²) in [5, 5.41) is 3.16. The predicted octanol–water partition coefficient (Wildman–Crippen LogP) is 2.26. The van der Waals surface area contributed by atoms with E-state index in [1.165, 1.54) is 0 Å². The van der Waals surface area contributed by atoms with Crippen LogP contribution in [0.4, 0.5) is 13.2 Å². The Balaban J connectivity index is 2.40. The van der Waals surface area contributed by atoms with E-state index in [0.717, 1.165) is 0 Å². The predicted molar refractivity (Wildman–Crippen MR) is 37.9 cm³/mol. The first-order chi connectivity index (χ1) is 6.04. The van der Waals surface area contributed by atoms with Crippen molar-refractivity contribution >= 4 is 0 Å². The van der Waals surface area contributed by atoms with Gasteiger partial charge in [-0.15, -0.1) is 0 Å². The van der Waals surface area contributed by atoms with E-state index in [1.54, 1.807) is 0 Å². The molecule has 2 atom stereocenters. The maximum atomic E-state index is 12.1. The van der Waals surface area contributed by atoms with Gasteiger partial charge in [0.05, 0.1) is 25.2 Å². The van der Waals surface area contributed by atoms with E-state index in [2.05, 4.69) is 10.0 Å².